The molecule has 0 bridgehead atoms. The number of ether oxygens (including phenoxy) is 1. The van der Waals surface area contributed by atoms with Gasteiger partial charge in [0, 0.05) is 30.8 Å². The van der Waals surface area contributed by atoms with Crippen LogP contribution in [-0.2, 0) is 16.1 Å². The Balaban J connectivity index is 2.66. The second kappa shape index (κ2) is 6.98. The van der Waals surface area contributed by atoms with Crippen LogP contribution in [0.2, 0.25) is 0 Å². The lowest BCUT2D eigenvalue weighted by molar-refractivity contribution is -0.116. The third kappa shape index (κ3) is 4.00. The van der Waals surface area contributed by atoms with Gasteiger partial charge in [-0.15, -0.1) is 0 Å². The molecule has 0 fully saturated rings. The molecule has 0 unspecified atom stereocenters. The summed E-state index contributed by atoms with van der Waals surface area (Å²) in [6.07, 6.45) is 0.336. The van der Waals surface area contributed by atoms with Crippen LogP contribution >= 0.6 is 0 Å². The molecule has 0 aromatic heterocycles. The van der Waals surface area contributed by atoms with Crippen molar-refractivity contribution in [3.63, 3.8) is 0 Å². The summed E-state index contributed by atoms with van der Waals surface area (Å²) in [7, 11) is 0. The maximum absolute atomic E-state index is 11.4. The van der Waals surface area contributed by atoms with Crippen molar-refractivity contribution in [3.8, 4) is 0 Å². The van der Waals surface area contributed by atoms with Crippen molar-refractivity contribution in [2.45, 2.75) is 20.0 Å². The molecule has 88 valence electrons. The number of carbonyl (C=O) groups excluding carboxylic acids is 1. The van der Waals surface area contributed by atoms with E-state index in [4.69, 9.17) is 10.5 Å². The Morgan fingerprint density at radius 3 is 2.88 bits per heavy atom. The van der Waals surface area contributed by atoms with E-state index in [2.05, 4.69) is 5.32 Å². The van der Waals surface area contributed by atoms with Gasteiger partial charge in [0.15, 0.2) is 0 Å². The molecular formula is C12H18N2O2. The van der Waals surface area contributed by atoms with Crippen molar-refractivity contribution in [1.29, 1.82) is 0 Å². The van der Waals surface area contributed by atoms with Gasteiger partial charge in [0.25, 0.3) is 0 Å². The Labute approximate surface area is 95.8 Å². The summed E-state index contributed by atoms with van der Waals surface area (Å²) in [5, 5.41) is 2.82. The van der Waals surface area contributed by atoms with Gasteiger partial charge in [-0.3, -0.25) is 4.79 Å². The largest absolute Gasteiger partial charge is 0.377 e. The first-order valence-corrected chi connectivity index (χ1v) is 5.43. The number of anilines is 1. The van der Waals surface area contributed by atoms with Gasteiger partial charge in [0.05, 0.1) is 6.61 Å². The minimum Gasteiger partial charge on any atom is -0.377 e. The van der Waals surface area contributed by atoms with E-state index in [1.54, 1.807) is 0 Å². The zero-order chi connectivity index (χ0) is 11.8. The Morgan fingerprint density at radius 1 is 1.44 bits per heavy atom. The van der Waals surface area contributed by atoms with E-state index < -0.39 is 0 Å². The summed E-state index contributed by atoms with van der Waals surface area (Å²) in [6.45, 7) is 3.47. The van der Waals surface area contributed by atoms with Crippen molar-refractivity contribution in [2.24, 2.45) is 5.73 Å². The lowest BCUT2D eigenvalue weighted by atomic mass is 10.2. The third-order valence-corrected chi connectivity index (χ3v) is 2.12. The van der Waals surface area contributed by atoms with E-state index >= 15 is 0 Å². The van der Waals surface area contributed by atoms with Crippen LogP contribution in [0.5, 0.6) is 0 Å². The fraction of sp³-hybridized carbons (Fsp3) is 0.417. The van der Waals surface area contributed by atoms with Crippen LogP contribution in [-0.4, -0.2) is 19.1 Å². The Hall–Kier alpha value is -1.39. The van der Waals surface area contributed by atoms with Gasteiger partial charge in [-0.05, 0) is 13.0 Å². The van der Waals surface area contributed by atoms with Crippen LogP contribution in [0.3, 0.4) is 0 Å². The average molecular weight is 222 g/mol. The number of hydrogen-bond donors (Lipinski definition) is 2. The predicted molar refractivity (Wildman–Crippen MR) is 64.1 cm³/mol. The highest BCUT2D eigenvalue weighted by Crippen LogP contribution is 2.16. The topological polar surface area (TPSA) is 64.3 Å². The van der Waals surface area contributed by atoms with Gasteiger partial charge in [0.2, 0.25) is 5.91 Å². The first-order chi connectivity index (χ1) is 7.77. The van der Waals surface area contributed by atoms with Gasteiger partial charge in [-0.25, -0.2) is 0 Å². The second-order valence-electron chi connectivity index (χ2n) is 3.38. The second-order valence-corrected chi connectivity index (χ2v) is 3.38. The SMILES string of the molecule is CCOCc1ccccc1NC(=O)CCN. The zero-order valence-electron chi connectivity index (χ0n) is 9.53. The first kappa shape index (κ1) is 12.7. The number of carbonyl (C=O) groups is 1. The lowest BCUT2D eigenvalue weighted by Gasteiger charge is -2.10. The van der Waals surface area contributed by atoms with Crippen LogP contribution in [0.4, 0.5) is 5.69 Å². The van der Waals surface area contributed by atoms with Crippen LogP contribution in [0.25, 0.3) is 0 Å². The molecule has 16 heavy (non-hydrogen) atoms. The predicted octanol–water partition coefficient (Wildman–Crippen LogP) is 1.51. The Bertz CT molecular complexity index is 340. The minimum atomic E-state index is -0.0635. The number of rotatable bonds is 6. The standard InChI is InChI=1S/C12H18N2O2/c1-2-16-9-10-5-3-4-6-11(10)14-12(15)7-8-13/h3-6H,2,7-9,13H2,1H3,(H,14,15). The van der Waals surface area contributed by atoms with Gasteiger partial charge >= 0.3 is 0 Å². The molecule has 0 atom stereocenters. The number of nitrogens with one attached hydrogen (secondary N) is 1. The maximum Gasteiger partial charge on any atom is 0.225 e. The fourth-order valence-corrected chi connectivity index (χ4v) is 1.32. The summed E-state index contributed by atoms with van der Waals surface area (Å²) < 4.78 is 5.33. The van der Waals surface area contributed by atoms with Crippen molar-refractivity contribution in [3.05, 3.63) is 29.8 Å². The molecule has 0 aliphatic rings. The normalized spacial score (nSPS) is 10.1. The molecule has 0 saturated heterocycles. The number of amides is 1. The Morgan fingerprint density at radius 2 is 2.19 bits per heavy atom. The monoisotopic (exact) mass is 222 g/mol. The van der Waals surface area contributed by atoms with Crippen molar-refractivity contribution in [1.82, 2.24) is 0 Å². The molecule has 4 heteroatoms. The van der Waals surface area contributed by atoms with Crippen LogP contribution in [0.15, 0.2) is 24.3 Å². The summed E-state index contributed by atoms with van der Waals surface area (Å²) in [6, 6.07) is 7.61. The minimum absolute atomic E-state index is 0.0635. The van der Waals surface area contributed by atoms with Crippen molar-refractivity contribution in [2.75, 3.05) is 18.5 Å². The van der Waals surface area contributed by atoms with Crippen molar-refractivity contribution < 1.29 is 9.53 Å². The average Bonchev–Trinajstić information content (AvgIpc) is 2.28. The van der Waals surface area contributed by atoms with Crippen molar-refractivity contribution >= 4 is 11.6 Å². The first-order valence-electron chi connectivity index (χ1n) is 5.43. The van der Waals surface area contributed by atoms with E-state index in [0.29, 0.717) is 26.2 Å². The van der Waals surface area contributed by atoms with E-state index in [-0.39, 0.29) is 5.91 Å². The molecule has 0 spiro atoms. The summed E-state index contributed by atoms with van der Waals surface area (Å²) in [4.78, 5) is 11.4. The molecule has 0 aliphatic carbocycles. The molecule has 0 aliphatic heterocycles. The van der Waals surface area contributed by atoms with E-state index in [0.717, 1.165) is 11.3 Å². The van der Waals surface area contributed by atoms with E-state index in [1.165, 1.54) is 0 Å². The summed E-state index contributed by atoms with van der Waals surface area (Å²) in [5.41, 5.74) is 7.10. The molecule has 4 nitrogen and oxygen atoms in total. The van der Waals surface area contributed by atoms with Gasteiger partial charge in [0.1, 0.15) is 0 Å². The Kier molecular flexibility index (Phi) is 5.53. The van der Waals surface area contributed by atoms with Gasteiger partial charge in [-0.1, -0.05) is 18.2 Å². The molecule has 1 aromatic rings. The highest BCUT2D eigenvalue weighted by molar-refractivity contribution is 5.91. The number of nitrogens with two attached hydrogens (primary N) is 1. The van der Waals surface area contributed by atoms with E-state index in [9.17, 15) is 4.79 Å². The molecule has 0 heterocycles. The molecule has 0 saturated carbocycles. The van der Waals surface area contributed by atoms with Crippen LogP contribution in [0, 0.1) is 0 Å². The maximum atomic E-state index is 11.4. The molecule has 0 radical (unpaired) electrons. The van der Waals surface area contributed by atoms with Crippen LogP contribution < -0.4 is 11.1 Å². The smallest absolute Gasteiger partial charge is 0.225 e. The highest BCUT2D eigenvalue weighted by Gasteiger charge is 2.05. The zero-order valence-corrected chi connectivity index (χ0v) is 9.53. The third-order valence-electron chi connectivity index (χ3n) is 2.12. The number of benzene rings is 1. The summed E-state index contributed by atoms with van der Waals surface area (Å²) in [5.74, 6) is -0.0635. The molecule has 3 N–H and O–H groups in total. The van der Waals surface area contributed by atoms with Gasteiger partial charge in [-0.2, -0.15) is 0 Å². The van der Waals surface area contributed by atoms with E-state index in [1.807, 2.05) is 31.2 Å². The fourth-order valence-electron chi connectivity index (χ4n) is 1.32. The number of para-hydroxylation sites is 1. The lowest BCUT2D eigenvalue weighted by Crippen LogP contribution is -2.17. The molecular weight excluding hydrogens is 204 g/mol. The van der Waals surface area contributed by atoms with Gasteiger partial charge < -0.3 is 15.8 Å². The molecule has 1 rings (SSSR count). The summed E-state index contributed by atoms with van der Waals surface area (Å²) >= 11 is 0. The molecule has 1 aromatic carbocycles. The van der Waals surface area contributed by atoms with Crippen LogP contribution in [0.1, 0.15) is 18.9 Å². The quantitative estimate of drug-likeness (QED) is 0.766. The number of hydrogen-bond acceptors (Lipinski definition) is 3. The highest BCUT2D eigenvalue weighted by atomic mass is 16.5. The molecule has 1 amide bonds.